The maximum Gasteiger partial charge on any atom is 0.437 e. The zero-order chi connectivity index (χ0) is 17.7. The Morgan fingerprint density at radius 3 is 2.79 bits per heavy atom. The van der Waals surface area contributed by atoms with Crippen LogP contribution in [0.25, 0.3) is 0 Å². The number of rotatable bonds is 5. The van der Waals surface area contributed by atoms with Crippen LogP contribution in [-0.4, -0.2) is 54.0 Å². The van der Waals surface area contributed by atoms with Crippen LogP contribution in [0.15, 0.2) is 18.3 Å². The molecule has 0 aliphatic carbocycles. The zero-order valence-electron chi connectivity index (χ0n) is 13.1. The quantitative estimate of drug-likeness (QED) is 0.886. The fourth-order valence-corrected chi connectivity index (χ4v) is 2.77. The maximum atomic E-state index is 12.9. The second-order valence-electron chi connectivity index (χ2n) is 5.65. The molecule has 1 aliphatic rings. The molecular weight excluding hydrogens is 329 g/mol. The van der Waals surface area contributed by atoms with Gasteiger partial charge in [-0.1, -0.05) is 0 Å². The predicted octanol–water partition coefficient (Wildman–Crippen LogP) is 2.88. The van der Waals surface area contributed by atoms with E-state index in [1.807, 2.05) is 0 Å². The minimum atomic E-state index is -4.60. The molecule has 2 atom stereocenters. The number of pyridine rings is 1. The van der Waals surface area contributed by atoms with Gasteiger partial charge in [0.15, 0.2) is 5.69 Å². The Bertz CT molecular complexity index is 568. The van der Waals surface area contributed by atoms with Crippen LogP contribution in [0, 0.1) is 5.92 Å². The van der Waals surface area contributed by atoms with Gasteiger partial charge < -0.3 is 19.5 Å². The fraction of sp³-hybridized carbons (Fsp3) is 0.600. The highest BCUT2D eigenvalue weighted by atomic mass is 19.4. The van der Waals surface area contributed by atoms with Gasteiger partial charge >= 0.3 is 12.3 Å². The molecular formula is C15H19F3N2O4. The molecule has 1 N–H and O–H groups in total. The summed E-state index contributed by atoms with van der Waals surface area (Å²) in [6, 6.07) is 2.33. The number of carboxylic acid groups (broad SMARTS) is 1. The van der Waals surface area contributed by atoms with Gasteiger partial charge in [-0.2, -0.15) is 13.2 Å². The number of amides is 1. The Morgan fingerprint density at radius 2 is 2.17 bits per heavy atom. The van der Waals surface area contributed by atoms with E-state index in [-0.39, 0.29) is 30.9 Å². The van der Waals surface area contributed by atoms with E-state index in [4.69, 9.17) is 9.47 Å². The van der Waals surface area contributed by atoms with E-state index in [2.05, 4.69) is 4.98 Å². The lowest BCUT2D eigenvalue weighted by molar-refractivity contribution is -0.142. The largest absolute Gasteiger partial charge is 0.491 e. The molecule has 1 amide bonds. The summed E-state index contributed by atoms with van der Waals surface area (Å²) in [5.41, 5.74) is -1.08. The Morgan fingerprint density at radius 1 is 1.42 bits per heavy atom. The molecule has 0 saturated carbocycles. The third kappa shape index (κ3) is 4.50. The third-order valence-corrected chi connectivity index (χ3v) is 3.92. The first kappa shape index (κ1) is 18.3. The molecule has 0 spiro atoms. The van der Waals surface area contributed by atoms with E-state index in [9.17, 15) is 23.1 Å². The molecule has 0 radical (unpaired) electrons. The number of carbonyl (C=O) groups is 1. The molecule has 24 heavy (non-hydrogen) atoms. The molecule has 2 rings (SSSR count). The van der Waals surface area contributed by atoms with Gasteiger partial charge in [0.25, 0.3) is 0 Å². The van der Waals surface area contributed by atoms with Crippen molar-refractivity contribution in [2.75, 3.05) is 26.9 Å². The lowest BCUT2D eigenvalue weighted by Gasteiger charge is -2.37. The molecule has 2 heterocycles. The van der Waals surface area contributed by atoms with Crippen molar-refractivity contribution in [3.8, 4) is 5.75 Å². The van der Waals surface area contributed by atoms with Crippen LogP contribution in [0.2, 0.25) is 0 Å². The minimum absolute atomic E-state index is 0.00173. The molecule has 1 aromatic heterocycles. The number of aromatic nitrogens is 1. The number of alkyl halides is 3. The summed E-state index contributed by atoms with van der Waals surface area (Å²) in [5, 5.41) is 9.26. The van der Waals surface area contributed by atoms with Crippen molar-refractivity contribution in [2.45, 2.75) is 25.1 Å². The fourth-order valence-electron chi connectivity index (χ4n) is 2.77. The molecule has 1 saturated heterocycles. The summed E-state index contributed by atoms with van der Waals surface area (Å²) < 4.78 is 48.9. The number of hydrogen-bond acceptors (Lipinski definition) is 4. The van der Waals surface area contributed by atoms with E-state index in [0.717, 1.165) is 6.20 Å². The molecule has 9 heteroatoms. The van der Waals surface area contributed by atoms with Crippen LogP contribution in [0.5, 0.6) is 5.75 Å². The van der Waals surface area contributed by atoms with Crippen LogP contribution < -0.4 is 4.74 Å². The van der Waals surface area contributed by atoms with E-state index < -0.39 is 18.0 Å². The number of methoxy groups -OCH3 is 1. The van der Waals surface area contributed by atoms with E-state index in [1.165, 1.54) is 24.1 Å². The van der Waals surface area contributed by atoms with Crippen molar-refractivity contribution in [1.82, 2.24) is 9.88 Å². The van der Waals surface area contributed by atoms with Crippen LogP contribution >= 0.6 is 0 Å². The third-order valence-electron chi connectivity index (χ3n) is 3.92. The summed E-state index contributed by atoms with van der Waals surface area (Å²) in [5.74, 6) is -0.526. The van der Waals surface area contributed by atoms with Crippen LogP contribution in [0.1, 0.15) is 18.5 Å². The average Bonchev–Trinajstić information content (AvgIpc) is 2.53. The topological polar surface area (TPSA) is 71.9 Å². The normalized spacial score (nSPS) is 21.6. The van der Waals surface area contributed by atoms with Crippen molar-refractivity contribution in [2.24, 2.45) is 5.92 Å². The standard InChI is InChI=1S/C15H19F3N2O4/c1-23-9-11-5-4-10(7-20(11)14(21)22)8-24-12-3-2-6-19-13(12)15(16,17)18/h2-3,6,10-11H,4-5,7-9H2,1H3,(H,21,22). The van der Waals surface area contributed by atoms with Gasteiger partial charge in [0.1, 0.15) is 5.75 Å². The molecule has 1 fully saturated rings. The lowest BCUT2D eigenvalue weighted by atomic mass is 9.94. The Hall–Kier alpha value is -2.03. The van der Waals surface area contributed by atoms with Gasteiger partial charge in [-0.25, -0.2) is 9.78 Å². The maximum absolute atomic E-state index is 12.9. The Kier molecular flexibility index (Phi) is 5.87. The summed E-state index contributed by atoms with van der Waals surface area (Å²) in [7, 11) is 1.50. The van der Waals surface area contributed by atoms with E-state index >= 15 is 0 Å². The number of piperidine rings is 1. The van der Waals surface area contributed by atoms with Gasteiger partial charge in [0.05, 0.1) is 19.3 Å². The molecule has 2 unspecified atom stereocenters. The van der Waals surface area contributed by atoms with Crippen molar-refractivity contribution in [3.63, 3.8) is 0 Å². The summed E-state index contributed by atoms with van der Waals surface area (Å²) >= 11 is 0. The summed E-state index contributed by atoms with van der Waals surface area (Å²) in [6.45, 7) is 0.490. The predicted molar refractivity (Wildman–Crippen MR) is 77.9 cm³/mol. The summed E-state index contributed by atoms with van der Waals surface area (Å²) in [4.78, 5) is 15.9. The number of hydrogen-bond donors (Lipinski definition) is 1. The van der Waals surface area contributed by atoms with Crippen molar-refractivity contribution >= 4 is 6.09 Å². The van der Waals surface area contributed by atoms with Crippen molar-refractivity contribution in [1.29, 1.82) is 0 Å². The molecule has 0 bridgehead atoms. The number of ether oxygens (including phenoxy) is 2. The molecule has 1 aliphatic heterocycles. The Labute approximate surface area is 137 Å². The van der Waals surface area contributed by atoms with Gasteiger partial charge in [0, 0.05) is 25.8 Å². The highest BCUT2D eigenvalue weighted by Crippen LogP contribution is 2.34. The second-order valence-corrected chi connectivity index (χ2v) is 5.65. The van der Waals surface area contributed by atoms with Gasteiger partial charge in [-0.15, -0.1) is 0 Å². The molecule has 0 aromatic carbocycles. The van der Waals surface area contributed by atoms with Crippen LogP contribution in [0.4, 0.5) is 18.0 Å². The molecule has 6 nitrogen and oxygen atoms in total. The van der Waals surface area contributed by atoms with E-state index in [0.29, 0.717) is 19.4 Å². The first-order chi connectivity index (χ1) is 11.3. The van der Waals surface area contributed by atoms with Gasteiger partial charge in [-0.3, -0.25) is 0 Å². The number of halogens is 3. The smallest absolute Gasteiger partial charge is 0.437 e. The lowest BCUT2D eigenvalue weighted by Crippen LogP contribution is -2.49. The van der Waals surface area contributed by atoms with Crippen LogP contribution in [-0.2, 0) is 10.9 Å². The minimum Gasteiger partial charge on any atom is -0.491 e. The zero-order valence-corrected chi connectivity index (χ0v) is 13.1. The molecule has 1 aromatic rings. The van der Waals surface area contributed by atoms with Gasteiger partial charge in [0.2, 0.25) is 0 Å². The van der Waals surface area contributed by atoms with Gasteiger partial charge in [-0.05, 0) is 25.0 Å². The first-order valence-electron chi connectivity index (χ1n) is 7.46. The van der Waals surface area contributed by atoms with Crippen LogP contribution in [0.3, 0.4) is 0 Å². The average molecular weight is 348 g/mol. The van der Waals surface area contributed by atoms with E-state index in [1.54, 1.807) is 0 Å². The first-order valence-corrected chi connectivity index (χ1v) is 7.46. The highest BCUT2D eigenvalue weighted by molar-refractivity contribution is 5.65. The van der Waals surface area contributed by atoms with Crippen molar-refractivity contribution < 1.29 is 32.5 Å². The number of nitrogens with zero attached hydrogens (tertiary/aromatic N) is 2. The molecule has 134 valence electrons. The summed E-state index contributed by atoms with van der Waals surface area (Å²) in [6.07, 6.45) is -3.39. The highest BCUT2D eigenvalue weighted by Gasteiger charge is 2.37. The number of likely N-dealkylation sites (tertiary alicyclic amines) is 1. The SMILES string of the molecule is COCC1CCC(COc2cccnc2C(F)(F)F)CN1C(=O)O. The second kappa shape index (κ2) is 7.69. The Balaban J connectivity index is 2.00. The monoisotopic (exact) mass is 348 g/mol. The van der Waals surface area contributed by atoms with Crippen molar-refractivity contribution in [3.05, 3.63) is 24.0 Å².